The zero-order chi connectivity index (χ0) is 24.7. The molecular formula is C28H34N2O4. The van der Waals surface area contributed by atoms with Crippen LogP contribution >= 0.6 is 0 Å². The van der Waals surface area contributed by atoms with E-state index in [9.17, 15) is 14.4 Å². The van der Waals surface area contributed by atoms with Crippen molar-refractivity contribution in [3.63, 3.8) is 0 Å². The van der Waals surface area contributed by atoms with Crippen LogP contribution in [0.1, 0.15) is 56.2 Å². The van der Waals surface area contributed by atoms with Crippen LogP contribution in [0.4, 0.5) is 0 Å². The van der Waals surface area contributed by atoms with Gasteiger partial charge in [0.25, 0.3) is 0 Å². The van der Waals surface area contributed by atoms with Crippen molar-refractivity contribution in [1.29, 1.82) is 0 Å². The summed E-state index contributed by atoms with van der Waals surface area (Å²) in [5.74, 6) is -1.26. The summed E-state index contributed by atoms with van der Waals surface area (Å²) in [5, 5.41) is 2.99. The lowest BCUT2D eigenvalue weighted by Crippen LogP contribution is -2.45. The molecule has 6 nitrogen and oxygen atoms in total. The summed E-state index contributed by atoms with van der Waals surface area (Å²) in [6, 6.07) is 17.9. The highest BCUT2D eigenvalue weighted by atomic mass is 16.5. The van der Waals surface area contributed by atoms with Gasteiger partial charge in [-0.1, -0.05) is 60.2 Å². The van der Waals surface area contributed by atoms with Gasteiger partial charge >= 0.3 is 5.97 Å². The van der Waals surface area contributed by atoms with Crippen LogP contribution in [0.25, 0.3) is 0 Å². The first-order valence-corrected chi connectivity index (χ1v) is 11.9. The molecule has 2 unspecified atom stereocenters. The second kappa shape index (κ2) is 11.6. The average Bonchev–Trinajstić information content (AvgIpc) is 2.81. The van der Waals surface area contributed by atoms with Crippen molar-refractivity contribution < 1.29 is 19.1 Å². The van der Waals surface area contributed by atoms with E-state index in [1.54, 1.807) is 13.8 Å². The molecule has 0 radical (unpaired) electrons. The Bertz CT molecular complexity index is 1040. The van der Waals surface area contributed by atoms with Gasteiger partial charge in [-0.25, -0.2) is 4.79 Å². The van der Waals surface area contributed by atoms with Crippen molar-refractivity contribution in [2.75, 3.05) is 13.2 Å². The number of benzene rings is 2. The Morgan fingerprint density at radius 2 is 1.76 bits per heavy atom. The zero-order valence-electron chi connectivity index (χ0n) is 20.5. The molecule has 0 spiro atoms. The molecule has 34 heavy (non-hydrogen) atoms. The number of hydrogen-bond acceptors (Lipinski definition) is 4. The highest BCUT2D eigenvalue weighted by Crippen LogP contribution is 2.37. The third-order valence-corrected chi connectivity index (χ3v) is 6.22. The topological polar surface area (TPSA) is 75.7 Å². The summed E-state index contributed by atoms with van der Waals surface area (Å²) in [6.45, 7) is 7.54. The highest BCUT2D eigenvalue weighted by molar-refractivity contribution is 5.97. The van der Waals surface area contributed by atoms with Crippen LogP contribution in [0.5, 0.6) is 0 Å². The number of carbonyl (C=O) groups is 3. The predicted octanol–water partition coefficient (Wildman–Crippen LogP) is 4.29. The fourth-order valence-corrected chi connectivity index (χ4v) is 4.32. The van der Waals surface area contributed by atoms with Crippen LogP contribution in [0, 0.1) is 6.92 Å². The molecule has 2 amide bonds. The van der Waals surface area contributed by atoms with Gasteiger partial charge in [0.1, 0.15) is 6.54 Å². The van der Waals surface area contributed by atoms with Gasteiger partial charge in [0.2, 0.25) is 11.8 Å². The minimum Gasteiger partial charge on any atom is -0.463 e. The van der Waals surface area contributed by atoms with E-state index in [0.29, 0.717) is 11.3 Å². The van der Waals surface area contributed by atoms with Gasteiger partial charge in [0.15, 0.2) is 0 Å². The van der Waals surface area contributed by atoms with Crippen molar-refractivity contribution in [3.8, 4) is 0 Å². The van der Waals surface area contributed by atoms with Gasteiger partial charge in [-0.2, -0.15) is 0 Å². The number of amides is 2. The van der Waals surface area contributed by atoms with Crippen LogP contribution in [0.15, 0.2) is 65.9 Å². The number of rotatable bonds is 9. The molecule has 1 heterocycles. The molecule has 0 bridgehead atoms. The monoisotopic (exact) mass is 462 g/mol. The number of allylic oxidation sites excluding steroid dienone is 1. The Kier molecular flexibility index (Phi) is 8.63. The Morgan fingerprint density at radius 3 is 2.41 bits per heavy atom. The van der Waals surface area contributed by atoms with E-state index in [4.69, 9.17) is 4.74 Å². The number of esters is 1. The molecule has 2 aromatic rings. The number of ether oxygens (including phenoxy) is 1. The third-order valence-electron chi connectivity index (χ3n) is 6.22. The Hall–Kier alpha value is -3.41. The van der Waals surface area contributed by atoms with E-state index in [-0.39, 0.29) is 37.4 Å². The van der Waals surface area contributed by atoms with Crippen molar-refractivity contribution in [2.24, 2.45) is 0 Å². The summed E-state index contributed by atoms with van der Waals surface area (Å²) >= 11 is 0. The van der Waals surface area contributed by atoms with Crippen LogP contribution in [-0.4, -0.2) is 41.9 Å². The summed E-state index contributed by atoms with van der Waals surface area (Å²) in [6.07, 6.45) is 1.77. The Morgan fingerprint density at radius 1 is 1.09 bits per heavy atom. The quantitative estimate of drug-likeness (QED) is 0.564. The molecule has 0 fully saturated rings. The summed E-state index contributed by atoms with van der Waals surface area (Å²) < 4.78 is 5.32. The molecule has 0 aliphatic carbocycles. The predicted molar refractivity (Wildman–Crippen MR) is 132 cm³/mol. The van der Waals surface area contributed by atoms with Gasteiger partial charge in [-0.15, -0.1) is 0 Å². The largest absolute Gasteiger partial charge is 0.463 e. The molecule has 1 aliphatic rings. The molecule has 180 valence electrons. The molecule has 1 aliphatic heterocycles. The van der Waals surface area contributed by atoms with E-state index >= 15 is 0 Å². The van der Waals surface area contributed by atoms with Gasteiger partial charge in [0.05, 0.1) is 12.2 Å². The first-order chi connectivity index (χ1) is 16.3. The lowest BCUT2D eigenvalue weighted by molar-refractivity contribution is -0.141. The Labute approximate surface area is 202 Å². The number of carbonyl (C=O) groups excluding carboxylic acids is 3. The van der Waals surface area contributed by atoms with Crippen molar-refractivity contribution in [3.05, 3.63) is 82.6 Å². The summed E-state index contributed by atoms with van der Waals surface area (Å²) in [7, 11) is 0. The molecule has 0 saturated heterocycles. The maximum atomic E-state index is 13.1. The van der Waals surface area contributed by atoms with E-state index in [2.05, 4.69) is 17.4 Å². The number of nitrogens with one attached hydrogen (secondary N) is 1. The van der Waals surface area contributed by atoms with Crippen LogP contribution < -0.4 is 5.32 Å². The van der Waals surface area contributed by atoms with Crippen LogP contribution in [0.3, 0.4) is 0 Å². The van der Waals surface area contributed by atoms with Crippen molar-refractivity contribution in [1.82, 2.24) is 10.2 Å². The summed E-state index contributed by atoms with van der Waals surface area (Å²) in [4.78, 5) is 40.1. The lowest BCUT2D eigenvalue weighted by Gasteiger charge is -2.34. The standard InChI is InChI=1S/C28H34N2O4/c1-5-34-28(33)27-21(4)30(26(32)17-24(27)23-15-11-19(2)12-16-23)18-25(31)29-20(3)13-14-22-9-7-6-8-10-22/h6-12,15-16,20,24H,5,13-14,17-18H2,1-4H3,(H,29,31). The molecule has 1 N–H and O–H groups in total. The second-order valence-corrected chi connectivity index (χ2v) is 8.86. The number of aryl methyl sites for hydroxylation is 2. The second-order valence-electron chi connectivity index (χ2n) is 8.86. The average molecular weight is 463 g/mol. The maximum Gasteiger partial charge on any atom is 0.336 e. The Balaban J connectivity index is 1.73. The van der Waals surface area contributed by atoms with Gasteiger partial charge < -0.3 is 15.0 Å². The minimum atomic E-state index is -0.445. The first-order valence-electron chi connectivity index (χ1n) is 11.9. The first kappa shape index (κ1) is 25.2. The van der Waals surface area contributed by atoms with E-state index in [1.807, 2.05) is 56.3 Å². The third kappa shape index (κ3) is 6.34. The van der Waals surface area contributed by atoms with Gasteiger partial charge in [-0.3, -0.25) is 9.59 Å². The molecule has 2 aromatic carbocycles. The molecule has 2 atom stereocenters. The molecule has 0 saturated carbocycles. The van der Waals surface area contributed by atoms with Crippen LogP contribution in [-0.2, 0) is 25.5 Å². The molecule has 6 heteroatoms. The van der Waals surface area contributed by atoms with Crippen molar-refractivity contribution in [2.45, 2.75) is 58.9 Å². The fraction of sp³-hybridized carbons (Fsp3) is 0.393. The minimum absolute atomic E-state index is 0.0401. The van der Waals surface area contributed by atoms with E-state index < -0.39 is 11.9 Å². The smallest absolute Gasteiger partial charge is 0.336 e. The van der Waals surface area contributed by atoms with Crippen molar-refractivity contribution >= 4 is 17.8 Å². The van der Waals surface area contributed by atoms with Crippen LogP contribution in [0.2, 0.25) is 0 Å². The molecule has 3 rings (SSSR count). The van der Waals surface area contributed by atoms with Gasteiger partial charge in [0, 0.05) is 24.1 Å². The number of nitrogens with zero attached hydrogens (tertiary/aromatic N) is 1. The summed E-state index contributed by atoms with van der Waals surface area (Å²) in [5.41, 5.74) is 4.13. The van der Waals surface area contributed by atoms with Gasteiger partial charge in [-0.05, 0) is 51.7 Å². The molecule has 0 aromatic heterocycles. The maximum absolute atomic E-state index is 13.1. The normalized spacial score (nSPS) is 16.9. The molecular weight excluding hydrogens is 428 g/mol. The zero-order valence-corrected chi connectivity index (χ0v) is 20.5. The SMILES string of the molecule is CCOC(=O)C1=C(C)N(CC(=O)NC(C)CCc2ccccc2)C(=O)CC1c1ccc(C)cc1. The fourth-order valence-electron chi connectivity index (χ4n) is 4.32. The highest BCUT2D eigenvalue weighted by Gasteiger charge is 2.37. The lowest BCUT2D eigenvalue weighted by atomic mass is 9.83. The number of hydrogen-bond donors (Lipinski definition) is 1. The van der Waals surface area contributed by atoms with E-state index in [0.717, 1.165) is 24.0 Å². The van der Waals surface area contributed by atoms with E-state index in [1.165, 1.54) is 10.5 Å².